The van der Waals surface area contributed by atoms with Crippen LogP contribution in [0.3, 0.4) is 0 Å². The summed E-state index contributed by atoms with van der Waals surface area (Å²) in [5.74, 6) is -0.172. The molecule has 0 aliphatic carbocycles. The number of carbonyl (C=O) groups is 1. The molecule has 8 heteroatoms. The number of nitrogens with zero attached hydrogens (tertiary/aromatic N) is 2. The summed E-state index contributed by atoms with van der Waals surface area (Å²) in [6.07, 6.45) is 3.98. The Morgan fingerprint density at radius 3 is 2.38 bits per heavy atom. The predicted octanol–water partition coefficient (Wildman–Crippen LogP) is 2.16. The average Bonchev–Trinajstić information content (AvgIpc) is 3.22. The Labute approximate surface area is 147 Å². The first-order valence-corrected chi connectivity index (χ1v) is 10.1. The van der Waals surface area contributed by atoms with Gasteiger partial charge in [-0.15, -0.1) is 0 Å². The third-order valence-electron chi connectivity index (χ3n) is 4.48. The van der Waals surface area contributed by atoms with Crippen LogP contribution >= 0.6 is 11.6 Å². The van der Waals surface area contributed by atoms with E-state index >= 15 is 0 Å². The molecule has 2 heterocycles. The summed E-state index contributed by atoms with van der Waals surface area (Å²) in [5.41, 5.74) is 0.348. The summed E-state index contributed by atoms with van der Waals surface area (Å²) < 4.78 is 26.7. The van der Waals surface area contributed by atoms with Crippen LogP contribution in [0.4, 0.5) is 5.69 Å². The minimum Gasteiger partial charge on any atom is -0.324 e. The fourth-order valence-corrected chi connectivity index (χ4v) is 4.88. The molecule has 0 bridgehead atoms. The van der Waals surface area contributed by atoms with Crippen LogP contribution in [0.15, 0.2) is 23.1 Å². The van der Waals surface area contributed by atoms with Crippen LogP contribution in [0.5, 0.6) is 0 Å². The second-order valence-corrected chi connectivity index (χ2v) is 8.63. The van der Waals surface area contributed by atoms with Gasteiger partial charge in [0.2, 0.25) is 15.9 Å². The maximum Gasteiger partial charge on any atom is 0.243 e. The van der Waals surface area contributed by atoms with Crippen LogP contribution in [-0.2, 0) is 14.8 Å². The molecule has 3 rings (SSSR count). The molecule has 2 saturated heterocycles. The number of anilines is 1. The zero-order chi connectivity index (χ0) is 17.2. The molecule has 0 spiro atoms. The van der Waals surface area contributed by atoms with Crippen molar-refractivity contribution >= 4 is 33.2 Å². The van der Waals surface area contributed by atoms with Crippen LogP contribution in [0.2, 0.25) is 5.02 Å². The SMILES string of the molecule is O=C(CN1CCCC1)Nc1cc(S(=O)(=O)N2CCCC2)ccc1Cl. The van der Waals surface area contributed by atoms with Crippen molar-refractivity contribution < 1.29 is 13.2 Å². The second kappa shape index (κ2) is 7.39. The van der Waals surface area contributed by atoms with Crippen molar-refractivity contribution in [2.24, 2.45) is 0 Å². The summed E-state index contributed by atoms with van der Waals surface area (Å²) in [6, 6.07) is 4.47. The van der Waals surface area contributed by atoms with Crippen LogP contribution in [0.25, 0.3) is 0 Å². The van der Waals surface area contributed by atoms with Gasteiger partial charge in [-0.1, -0.05) is 11.6 Å². The van der Waals surface area contributed by atoms with Gasteiger partial charge < -0.3 is 5.32 Å². The highest BCUT2D eigenvalue weighted by molar-refractivity contribution is 7.89. The Morgan fingerprint density at radius 1 is 1.08 bits per heavy atom. The molecule has 0 aromatic heterocycles. The summed E-state index contributed by atoms with van der Waals surface area (Å²) >= 11 is 6.13. The van der Waals surface area contributed by atoms with E-state index in [0.29, 0.717) is 30.3 Å². The number of benzene rings is 1. The zero-order valence-electron chi connectivity index (χ0n) is 13.5. The van der Waals surface area contributed by atoms with Crippen molar-refractivity contribution in [2.45, 2.75) is 30.6 Å². The smallest absolute Gasteiger partial charge is 0.243 e. The molecule has 2 fully saturated rings. The fourth-order valence-electron chi connectivity index (χ4n) is 3.17. The van der Waals surface area contributed by atoms with Gasteiger partial charge in [0, 0.05) is 13.1 Å². The minimum atomic E-state index is -3.52. The van der Waals surface area contributed by atoms with Gasteiger partial charge in [-0.05, 0) is 57.0 Å². The van der Waals surface area contributed by atoms with Crippen LogP contribution < -0.4 is 5.32 Å². The average molecular weight is 372 g/mol. The fraction of sp³-hybridized carbons (Fsp3) is 0.562. The molecule has 0 unspecified atom stereocenters. The van der Waals surface area contributed by atoms with Crippen LogP contribution in [0, 0.1) is 0 Å². The summed E-state index contributed by atoms with van der Waals surface area (Å²) in [5, 5.41) is 3.08. The molecule has 2 aliphatic rings. The van der Waals surface area contributed by atoms with Crippen LogP contribution in [0.1, 0.15) is 25.7 Å². The Hall–Kier alpha value is -1.15. The van der Waals surface area contributed by atoms with Gasteiger partial charge in [-0.2, -0.15) is 4.31 Å². The standard InChI is InChI=1S/C16H22ClN3O3S/c17-14-6-5-13(24(22,23)20-9-3-4-10-20)11-15(14)18-16(21)12-19-7-1-2-8-19/h5-6,11H,1-4,7-10,12H2,(H,18,21). The molecule has 1 amide bonds. The Morgan fingerprint density at radius 2 is 1.71 bits per heavy atom. The van der Waals surface area contributed by atoms with Gasteiger partial charge in [-0.3, -0.25) is 9.69 Å². The monoisotopic (exact) mass is 371 g/mol. The topological polar surface area (TPSA) is 69.7 Å². The first-order chi connectivity index (χ1) is 11.5. The van der Waals surface area contributed by atoms with E-state index in [4.69, 9.17) is 11.6 Å². The number of rotatable bonds is 5. The lowest BCUT2D eigenvalue weighted by atomic mass is 10.3. The normalized spacial score (nSPS) is 19.7. The highest BCUT2D eigenvalue weighted by Crippen LogP contribution is 2.28. The first kappa shape index (κ1) is 17.7. The number of carbonyl (C=O) groups excluding carboxylic acids is 1. The molecule has 6 nitrogen and oxygen atoms in total. The van der Waals surface area contributed by atoms with E-state index in [2.05, 4.69) is 10.2 Å². The van der Waals surface area contributed by atoms with Gasteiger partial charge in [0.05, 0.1) is 22.2 Å². The lowest BCUT2D eigenvalue weighted by Gasteiger charge is -2.18. The minimum absolute atomic E-state index is 0.172. The lowest BCUT2D eigenvalue weighted by Crippen LogP contribution is -2.31. The van der Waals surface area contributed by atoms with Crippen molar-refractivity contribution in [3.8, 4) is 0 Å². The summed E-state index contributed by atoms with van der Waals surface area (Å²) in [7, 11) is -3.52. The van der Waals surface area contributed by atoms with E-state index in [9.17, 15) is 13.2 Å². The van der Waals surface area contributed by atoms with Crippen molar-refractivity contribution in [3.63, 3.8) is 0 Å². The third kappa shape index (κ3) is 3.91. The Bertz CT molecular complexity index is 711. The van der Waals surface area contributed by atoms with Crippen LogP contribution in [-0.4, -0.2) is 56.3 Å². The summed E-state index contributed by atoms with van der Waals surface area (Å²) in [4.78, 5) is 14.4. The number of halogens is 1. The first-order valence-electron chi connectivity index (χ1n) is 8.29. The van der Waals surface area contributed by atoms with Crippen molar-refractivity contribution in [3.05, 3.63) is 23.2 Å². The number of likely N-dealkylation sites (tertiary alicyclic amines) is 1. The molecule has 0 atom stereocenters. The van der Waals surface area contributed by atoms with E-state index < -0.39 is 10.0 Å². The molecule has 0 saturated carbocycles. The molecular weight excluding hydrogens is 350 g/mol. The van der Waals surface area contributed by atoms with E-state index in [0.717, 1.165) is 38.8 Å². The molecule has 2 aliphatic heterocycles. The highest BCUT2D eigenvalue weighted by atomic mass is 35.5. The van der Waals surface area contributed by atoms with Crippen molar-refractivity contribution in [1.82, 2.24) is 9.21 Å². The molecule has 1 aromatic carbocycles. The number of hydrogen-bond acceptors (Lipinski definition) is 4. The molecule has 24 heavy (non-hydrogen) atoms. The zero-order valence-corrected chi connectivity index (χ0v) is 15.1. The maximum absolute atomic E-state index is 12.6. The Balaban J connectivity index is 1.74. The van der Waals surface area contributed by atoms with Crippen molar-refractivity contribution in [2.75, 3.05) is 38.0 Å². The van der Waals surface area contributed by atoms with Crippen molar-refractivity contribution in [1.29, 1.82) is 0 Å². The highest BCUT2D eigenvalue weighted by Gasteiger charge is 2.28. The molecule has 1 aromatic rings. The number of amides is 1. The third-order valence-corrected chi connectivity index (χ3v) is 6.70. The number of hydrogen-bond donors (Lipinski definition) is 1. The lowest BCUT2D eigenvalue weighted by molar-refractivity contribution is -0.117. The molecule has 132 valence electrons. The quantitative estimate of drug-likeness (QED) is 0.861. The molecule has 0 radical (unpaired) electrons. The van der Waals surface area contributed by atoms with Gasteiger partial charge in [0.1, 0.15) is 0 Å². The number of nitrogens with one attached hydrogen (secondary N) is 1. The summed E-state index contributed by atoms with van der Waals surface area (Å²) in [6.45, 7) is 3.23. The van der Waals surface area contributed by atoms with E-state index in [1.165, 1.54) is 22.5 Å². The van der Waals surface area contributed by atoms with E-state index in [-0.39, 0.29) is 10.8 Å². The van der Waals surface area contributed by atoms with Gasteiger partial charge in [-0.25, -0.2) is 8.42 Å². The van der Waals surface area contributed by atoms with Gasteiger partial charge in [0.15, 0.2) is 0 Å². The predicted molar refractivity (Wildman–Crippen MR) is 93.7 cm³/mol. The number of sulfonamides is 1. The largest absolute Gasteiger partial charge is 0.324 e. The van der Waals surface area contributed by atoms with Gasteiger partial charge in [0.25, 0.3) is 0 Å². The maximum atomic E-state index is 12.6. The second-order valence-electron chi connectivity index (χ2n) is 6.28. The molecule has 1 N–H and O–H groups in total. The Kier molecular flexibility index (Phi) is 5.44. The van der Waals surface area contributed by atoms with Gasteiger partial charge >= 0.3 is 0 Å². The molecular formula is C16H22ClN3O3S. The van der Waals surface area contributed by atoms with E-state index in [1.807, 2.05) is 0 Å². The van der Waals surface area contributed by atoms with E-state index in [1.54, 1.807) is 0 Å².